The first kappa shape index (κ1) is 22.4. The smallest absolute Gasteiger partial charge is 0.410 e. The van der Waals surface area contributed by atoms with Crippen LogP contribution < -0.4 is 0 Å². The Morgan fingerprint density at radius 3 is 2.45 bits per heavy atom. The third kappa shape index (κ3) is 7.54. The molecule has 2 rings (SSSR count). The van der Waals surface area contributed by atoms with E-state index in [0.29, 0.717) is 13.0 Å². The lowest BCUT2D eigenvalue weighted by molar-refractivity contribution is -0.385. The largest absolute Gasteiger partial charge is 0.444 e. The molecule has 0 fully saturated rings. The predicted octanol–water partition coefficient (Wildman–Crippen LogP) is 5.11. The van der Waals surface area contributed by atoms with Crippen LogP contribution in [0.1, 0.15) is 44.4 Å². The Hall–Kier alpha value is -2.93. The fourth-order valence-corrected chi connectivity index (χ4v) is 2.71. The lowest BCUT2D eigenvalue weighted by Crippen LogP contribution is -2.35. The fraction of sp³-hybridized carbons (Fsp3) is 0.409. The van der Waals surface area contributed by atoms with Crippen molar-refractivity contribution >= 4 is 11.8 Å². The highest BCUT2D eigenvalue weighted by molar-refractivity contribution is 5.67. The molecule has 0 N–H and O–H groups in total. The highest BCUT2D eigenvalue weighted by atomic mass is 16.6. The topological polar surface area (TPSA) is 81.9 Å². The molecule has 0 heterocycles. The van der Waals surface area contributed by atoms with Gasteiger partial charge in [0.2, 0.25) is 0 Å². The summed E-state index contributed by atoms with van der Waals surface area (Å²) >= 11 is 0. The van der Waals surface area contributed by atoms with Crippen molar-refractivity contribution in [2.75, 3.05) is 13.6 Å². The summed E-state index contributed by atoms with van der Waals surface area (Å²) in [4.78, 5) is 24.3. The lowest BCUT2D eigenvalue weighted by atomic mass is 10.1. The number of carbonyl (C=O) groups excluding carboxylic acids is 1. The van der Waals surface area contributed by atoms with Gasteiger partial charge < -0.3 is 14.4 Å². The van der Waals surface area contributed by atoms with Crippen LogP contribution in [-0.4, -0.2) is 35.1 Å². The standard InChI is InChI=1S/C22H28N2O5/c1-22(2,3)29-21(25)23(4)14-13-20(18-10-6-5-7-11-18)28-16-17-9-8-12-19(15-17)24(26)27/h5-12,15,20H,13-14,16H2,1-4H3. The van der Waals surface area contributed by atoms with Crippen molar-refractivity contribution < 1.29 is 19.2 Å². The molecule has 7 heteroatoms. The molecule has 0 bridgehead atoms. The van der Waals surface area contributed by atoms with Crippen LogP contribution in [0.3, 0.4) is 0 Å². The zero-order valence-electron chi connectivity index (χ0n) is 17.3. The van der Waals surface area contributed by atoms with Gasteiger partial charge in [-0.2, -0.15) is 0 Å². The average Bonchev–Trinajstić information content (AvgIpc) is 2.67. The van der Waals surface area contributed by atoms with Gasteiger partial charge >= 0.3 is 6.09 Å². The van der Waals surface area contributed by atoms with Gasteiger partial charge in [-0.05, 0) is 38.3 Å². The molecule has 29 heavy (non-hydrogen) atoms. The molecule has 0 aromatic heterocycles. The zero-order chi connectivity index (χ0) is 21.4. The van der Waals surface area contributed by atoms with Crippen LogP contribution in [0.5, 0.6) is 0 Å². The van der Waals surface area contributed by atoms with Crippen molar-refractivity contribution in [3.8, 4) is 0 Å². The molecule has 1 amide bonds. The fourth-order valence-electron chi connectivity index (χ4n) is 2.71. The van der Waals surface area contributed by atoms with Crippen molar-refractivity contribution in [3.05, 3.63) is 75.8 Å². The number of benzene rings is 2. The highest BCUT2D eigenvalue weighted by Crippen LogP contribution is 2.24. The highest BCUT2D eigenvalue weighted by Gasteiger charge is 2.21. The van der Waals surface area contributed by atoms with E-state index in [1.165, 1.54) is 17.0 Å². The Morgan fingerprint density at radius 1 is 1.14 bits per heavy atom. The number of carbonyl (C=O) groups is 1. The summed E-state index contributed by atoms with van der Waals surface area (Å²) in [6, 6.07) is 16.1. The van der Waals surface area contributed by atoms with Crippen molar-refractivity contribution in [2.24, 2.45) is 0 Å². The number of rotatable bonds is 8. The van der Waals surface area contributed by atoms with E-state index < -0.39 is 10.5 Å². The Balaban J connectivity index is 2.03. The second kappa shape index (κ2) is 10.0. The second-order valence-corrected chi connectivity index (χ2v) is 7.83. The van der Waals surface area contributed by atoms with Gasteiger partial charge in [-0.1, -0.05) is 42.5 Å². The van der Waals surface area contributed by atoms with Crippen LogP contribution in [-0.2, 0) is 16.1 Å². The van der Waals surface area contributed by atoms with E-state index >= 15 is 0 Å². The maximum absolute atomic E-state index is 12.2. The predicted molar refractivity (Wildman–Crippen MR) is 111 cm³/mol. The van der Waals surface area contributed by atoms with Crippen LogP contribution in [0.2, 0.25) is 0 Å². The maximum atomic E-state index is 12.2. The molecule has 0 aliphatic carbocycles. The molecule has 0 radical (unpaired) electrons. The Kier molecular flexibility index (Phi) is 7.73. The number of amides is 1. The molecule has 0 spiro atoms. The minimum absolute atomic E-state index is 0.0343. The van der Waals surface area contributed by atoms with E-state index in [4.69, 9.17) is 9.47 Å². The van der Waals surface area contributed by atoms with E-state index in [0.717, 1.165) is 11.1 Å². The van der Waals surface area contributed by atoms with E-state index in [-0.39, 0.29) is 24.5 Å². The minimum atomic E-state index is -0.553. The second-order valence-electron chi connectivity index (χ2n) is 7.83. The van der Waals surface area contributed by atoms with Crippen molar-refractivity contribution in [2.45, 2.75) is 45.5 Å². The molecule has 2 aromatic rings. The van der Waals surface area contributed by atoms with Gasteiger partial charge in [-0.3, -0.25) is 10.1 Å². The Morgan fingerprint density at radius 2 is 1.83 bits per heavy atom. The molecule has 2 aromatic carbocycles. The molecular formula is C22H28N2O5. The third-order valence-corrected chi connectivity index (χ3v) is 4.18. The zero-order valence-corrected chi connectivity index (χ0v) is 17.3. The minimum Gasteiger partial charge on any atom is -0.444 e. The molecule has 0 saturated carbocycles. The first-order valence-corrected chi connectivity index (χ1v) is 9.50. The summed E-state index contributed by atoms with van der Waals surface area (Å²) in [6.45, 7) is 6.16. The molecule has 0 aliphatic rings. The molecule has 1 unspecified atom stereocenters. The Labute approximate surface area is 171 Å². The van der Waals surface area contributed by atoms with Crippen molar-refractivity contribution in [3.63, 3.8) is 0 Å². The number of non-ortho nitro benzene ring substituents is 1. The number of nitro benzene ring substituents is 1. The van der Waals surface area contributed by atoms with Crippen molar-refractivity contribution in [1.82, 2.24) is 4.90 Å². The van der Waals surface area contributed by atoms with Gasteiger partial charge in [0.1, 0.15) is 5.60 Å². The van der Waals surface area contributed by atoms with Crippen LogP contribution in [0, 0.1) is 10.1 Å². The van der Waals surface area contributed by atoms with E-state index in [9.17, 15) is 14.9 Å². The number of nitrogens with zero attached hydrogens (tertiary/aromatic N) is 2. The van der Waals surface area contributed by atoms with Gasteiger partial charge in [0.05, 0.1) is 17.6 Å². The summed E-state index contributed by atoms with van der Waals surface area (Å²) in [5.41, 5.74) is 1.19. The van der Waals surface area contributed by atoms with Gasteiger partial charge in [0, 0.05) is 25.7 Å². The SMILES string of the molecule is CN(CCC(OCc1cccc([N+](=O)[O-])c1)c1ccccc1)C(=O)OC(C)(C)C. The summed E-state index contributed by atoms with van der Waals surface area (Å²) in [5.74, 6) is 0. The summed E-state index contributed by atoms with van der Waals surface area (Å²) in [5, 5.41) is 11.0. The average molecular weight is 400 g/mol. The molecule has 7 nitrogen and oxygen atoms in total. The summed E-state index contributed by atoms with van der Waals surface area (Å²) < 4.78 is 11.5. The van der Waals surface area contributed by atoms with Crippen LogP contribution in [0.4, 0.5) is 10.5 Å². The van der Waals surface area contributed by atoms with Gasteiger partial charge in [0.25, 0.3) is 5.69 Å². The number of ether oxygens (including phenoxy) is 2. The van der Waals surface area contributed by atoms with Gasteiger partial charge in [0.15, 0.2) is 0 Å². The van der Waals surface area contributed by atoms with E-state index in [1.807, 2.05) is 51.1 Å². The van der Waals surface area contributed by atoms with Crippen molar-refractivity contribution in [1.29, 1.82) is 0 Å². The van der Waals surface area contributed by atoms with Gasteiger partial charge in [-0.25, -0.2) is 4.79 Å². The van der Waals surface area contributed by atoms with E-state index in [2.05, 4.69) is 0 Å². The molecule has 0 saturated heterocycles. The number of nitro groups is 1. The quantitative estimate of drug-likeness (QED) is 0.454. The van der Waals surface area contributed by atoms with Crippen LogP contribution in [0.15, 0.2) is 54.6 Å². The first-order valence-electron chi connectivity index (χ1n) is 9.50. The molecule has 0 aliphatic heterocycles. The Bertz CT molecular complexity index is 817. The molecular weight excluding hydrogens is 372 g/mol. The monoisotopic (exact) mass is 400 g/mol. The van der Waals surface area contributed by atoms with Crippen LogP contribution in [0.25, 0.3) is 0 Å². The normalized spacial score (nSPS) is 12.3. The summed E-state index contributed by atoms with van der Waals surface area (Å²) in [7, 11) is 1.69. The van der Waals surface area contributed by atoms with Gasteiger partial charge in [-0.15, -0.1) is 0 Å². The lowest BCUT2D eigenvalue weighted by Gasteiger charge is -2.26. The first-order chi connectivity index (χ1) is 13.7. The number of hydrogen-bond donors (Lipinski definition) is 0. The number of hydrogen-bond acceptors (Lipinski definition) is 5. The van der Waals surface area contributed by atoms with Crippen LogP contribution >= 0.6 is 0 Å². The molecule has 1 atom stereocenters. The maximum Gasteiger partial charge on any atom is 0.410 e. The molecule has 156 valence electrons. The third-order valence-electron chi connectivity index (χ3n) is 4.18. The van der Waals surface area contributed by atoms with E-state index in [1.54, 1.807) is 19.2 Å². The summed E-state index contributed by atoms with van der Waals surface area (Å²) in [6.07, 6.45) is -0.0855.